The number of nitriles is 1. The van der Waals surface area contributed by atoms with Gasteiger partial charge in [-0.2, -0.15) is 5.26 Å². The second-order valence-corrected chi connectivity index (χ2v) is 6.22. The lowest BCUT2D eigenvalue weighted by Gasteiger charge is -2.37. The van der Waals surface area contributed by atoms with E-state index in [9.17, 15) is 0 Å². The van der Waals surface area contributed by atoms with E-state index in [1.54, 1.807) is 0 Å². The number of nitrogens with one attached hydrogen (secondary N) is 1. The molecule has 1 saturated carbocycles. The molecule has 2 unspecified atom stereocenters. The maximum atomic E-state index is 9.12. The number of nitrogens with zero attached hydrogens (tertiary/aromatic N) is 2. The molecular formula is C15H27N3O. The number of rotatable bonds is 6. The molecule has 1 aliphatic carbocycles. The normalized spacial score (nSPS) is 29.5. The minimum Gasteiger partial charge on any atom is -0.396 e. The van der Waals surface area contributed by atoms with Gasteiger partial charge >= 0.3 is 0 Å². The summed E-state index contributed by atoms with van der Waals surface area (Å²) >= 11 is 0. The Kier molecular flexibility index (Phi) is 6.09. The van der Waals surface area contributed by atoms with E-state index in [2.05, 4.69) is 16.3 Å². The van der Waals surface area contributed by atoms with Crippen molar-refractivity contribution in [1.82, 2.24) is 10.2 Å². The molecule has 2 fully saturated rings. The van der Waals surface area contributed by atoms with Crippen LogP contribution in [0.3, 0.4) is 0 Å². The van der Waals surface area contributed by atoms with Gasteiger partial charge in [0.2, 0.25) is 0 Å². The first kappa shape index (κ1) is 14.8. The van der Waals surface area contributed by atoms with Gasteiger partial charge in [-0.15, -0.1) is 0 Å². The summed E-state index contributed by atoms with van der Waals surface area (Å²) in [6, 6.07) is 2.75. The average Bonchev–Trinajstić information content (AvgIpc) is 2.90. The minimum atomic E-state index is 0.264. The Morgan fingerprint density at radius 1 is 1.21 bits per heavy atom. The van der Waals surface area contributed by atoms with Crippen molar-refractivity contribution < 1.29 is 5.11 Å². The molecule has 2 aliphatic rings. The molecule has 0 amide bonds. The van der Waals surface area contributed by atoms with Crippen molar-refractivity contribution in [2.24, 2.45) is 11.8 Å². The molecule has 2 N–H and O–H groups in total. The smallest absolute Gasteiger partial charge is 0.0866 e. The van der Waals surface area contributed by atoms with Gasteiger partial charge in [0.1, 0.15) is 0 Å². The highest BCUT2D eigenvalue weighted by Crippen LogP contribution is 2.25. The van der Waals surface area contributed by atoms with Crippen LogP contribution in [0.2, 0.25) is 0 Å². The molecule has 0 aromatic carbocycles. The number of hydrogen-bond donors (Lipinski definition) is 2. The SMILES string of the molecule is N#CCN1CC(CCO)CC(NCC2CCCC2)C1. The lowest BCUT2D eigenvalue weighted by Crippen LogP contribution is -2.50. The Morgan fingerprint density at radius 3 is 2.68 bits per heavy atom. The first-order valence-electron chi connectivity index (χ1n) is 7.75. The summed E-state index contributed by atoms with van der Waals surface area (Å²) in [6.45, 7) is 3.87. The molecule has 2 rings (SSSR count). The number of piperidine rings is 1. The standard InChI is InChI=1S/C15H27N3O/c16-6-7-18-11-14(5-8-19)9-15(12-18)17-10-13-3-1-2-4-13/h13-15,17,19H,1-5,7-12H2. The van der Waals surface area contributed by atoms with Gasteiger partial charge in [0.15, 0.2) is 0 Å². The summed E-state index contributed by atoms with van der Waals surface area (Å²) < 4.78 is 0. The molecular weight excluding hydrogens is 238 g/mol. The summed E-state index contributed by atoms with van der Waals surface area (Å²) in [5.41, 5.74) is 0. The van der Waals surface area contributed by atoms with Crippen molar-refractivity contribution in [1.29, 1.82) is 5.26 Å². The second kappa shape index (κ2) is 7.84. The Morgan fingerprint density at radius 2 is 2.00 bits per heavy atom. The highest BCUT2D eigenvalue weighted by atomic mass is 16.3. The van der Waals surface area contributed by atoms with Gasteiger partial charge in [-0.3, -0.25) is 4.90 Å². The number of hydrogen-bond acceptors (Lipinski definition) is 4. The third kappa shape index (κ3) is 4.76. The van der Waals surface area contributed by atoms with Crippen LogP contribution in [0.4, 0.5) is 0 Å². The molecule has 0 aromatic heterocycles. The van der Waals surface area contributed by atoms with Crippen molar-refractivity contribution in [3.05, 3.63) is 0 Å². The second-order valence-electron chi connectivity index (χ2n) is 6.22. The van der Waals surface area contributed by atoms with Crippen molar-refractivity contribution in [3.63, 3.8) is 0 Å². The monoisotopic (exact) mass is 265 g/mol. The van der Waals surface area contributed by atoms with Crippen LogP contribution >= 0.6 is 0 Å². The van der Waals surface area contributed by atoms with Crippen molar-refractivity contribution in [3.8, 4) is 6.07 Å². The Labute approximate surface area is 116 Å². The van der Waals surface area contributed by atoms with E-state index < -0.39 is 0 Å². The van der Waals surface area contributed by atoms with E-state index in [0.717, 1.165) is 38.4 Å². The lowest BCUT2D eigenvalue weighted by molar-refractivity contribution is 0.130. The van der Waals surface area contributed by atoms with Gasteiger partial charge in [-0.05, 0) is 44.1 Å². The molecule has 0 bridgehead atoms. The topological polar surface area (TPSA) is 59.3 Å². The maximum Gasteiger partial charge on any atom is 0.0866 e. The molecule has 4 nitrogen and oxygen atoms in total. The van der Waals surface area contributed by atoms with E-state index in [4.69, 9.17) is 10.4 Å². The molecule has 2 atom stereocenters. The summed E-state index contributed by atoms with van der Waals surface area (Å²) in [4.78, 5) is 2.23. The zero-order chi connectivity index (χ0) is 13.5. The molecule has 108 valence electrons. The fourth-order valence-electron chi connectivity index (χ4n) is 3.62. The van der Waals surface area contributed by atoms with Crippen LogP contribution in [-0.4, -0.2) is 48.8 Å². The third-order valence-electron chi connectivity index (χ3n) is 4.61. The molecule has 1 saturated heterocycles. The zero-order valence-corrected chi connectivity index (χ0v) is 11.9. The first-order chi connectivity index (χ1) is 9.31. The number of aliphatic hydroxyl groups excluding tert-OH is 1. The quantitative estimate of drug-likeness (QED) is 0.712. The van der Waals surface area contributed by atoms with Gasteiger partial charge in [0.05, 0.1) is 12.6 Å². The summed E-state index contributed by atoms with van der Waals surface area (Å²) in [5, 5.41) is 21.7. The largest absolute Gasteiger partial charge is 0.396 e. The van der Waals surface area contributed by atoms with Gasteiger partial charge in [0, 0.05) is 25.7 Å². The summed E-state index contributed by atoms with van der Waals surface area (Å²) in [6.07, 6.45) is 7.55. The van der Waals surface area contributed by atoms with Crippen molar-refractivity contribution in [2.75, 3.05) is 32.8 Å². The van der Waals surface area contributed by atoms with Gasteiger partial charge in [-0.25, -0.2) is 0 Å². The van der Waals surface area contributed by atoms with Crippen LogP contribution in [0.1, 0.15) is 38.5 Å². The van der Waals surface area contributed by atoms with E-state index in [0.29, 0.717) is 18.5 Å². The molecule has 0 aromatic rings. The molecule has 1 aliphatic heterocycles. The van der Waals surface area contributed by atoms with Crippen LogP contribution in [0.25, 0.3) is 0 Å². The minimum absolute atomic E-state index is 0.264. The van der Waals surface area contributed by atoms with Crippen molar-refractivity contribution >= 4 is 0 Å². The van der Waals surface area contributed by atoms with Crippen LogP contribution in [-0.2, 0) is 0 Å². The van der Waals surface area contributed by atoms with E-state index >= 15 is 0 Å². The molecule has 1 heterocycles. The molecule has 4 heteroatoms. The maximum absolute atomic E-state index is 9.12. The summed E-state index contributed by atoms with van der Waals surface area (Å²) in [5.74, 6) is 1.40. The lowest BCUT2D eigenvalue weighted by atomic mass is 9.91. The highest BCUT2D eigenvalue weighted by molar-refractivity contribution is 4.88. The Balaban J connectivity index is 1.78. The van der Waals surface area contributed by atoms with Crippen LogP contribution in [0, 0.1) is 23.2 Å². The molecule has 0 spiro atoms. The summed E-state index contributed by atoms with van der Waals surface area (Å²) in [7, 11) is 0. The van der Waals surface area contributed by atoms with E-state index in [-0.39, 0.29) is 6.61 Å². The van der Waals surface area contributed by atoms with Crippen LogP contribution in [0.15, 0.2) is 0 Å². The average molecular weight is 265 g/mol. The fourth-order valence-corrected chi connectivity index (χ4v) is 3.62. The Hall–Kier alpha value is -0.630. The van der Waals surface area contributed by atoms with Gasteiger partial charge < -0.3 is 10.4 Å². The van der Waals surface area contributed by atoms with E-state index in [1.807, 2.05) is 0 Å². The highest BCUT2D eigenvalue weighted by Gasteiger charge is 2.27. The van der Waals surface area contributed by atoms with Crippen LogP contribution in [0.5, 0.6) is 0 Å². The van der Waals surface area contributed by atoms with E-state index in [1.165, 1.54) is 25.7 Å². The molecule has 0 radical (unpaired) electrons. The van der Waals surface area contributed by atoms with Gasteiger partial charge in [0.25, 0.3) is 0 Å². The van der Waals surface area contributed by atoms with Crippen LogP contribution < -0.4 is 5.32 Å². The predicted molar refractivity (Wildman–Crippen MR) is 75.6 cm³/mol. The fraction of sp³-hybridized carbons (Fsp3) is 0.933. The number of likely N-dealkylation sites (tertiary alicyclic amines) is 1. The zero-order valence-electron chi connectivity index (χ0n) is 11.9. The predicted octanol–water partition coefficient (Wildman–Crippen LogP) is 1.36. The first-order valence-corrected chi connectivity index (χ1v) is 7.75. The van der Waals surface area contributed by atoms with Crippen molar-refractivity contribution in [2.45, 2.75) is 44.6 Å². The third-order valence-corrected chi connectivity index (χ3v) is 4.61. The molecule has 19 heavy (non-hydrogen) atoms. The van der Waals surface area contributed by atoms with Gasteiger partial charge in [-0.1, -0.05) is 12.8 Å². The Bertz CT molecular complexity index is 296. The number of aliphatic hydroxyl groups is 1.